The fourth-order valence-electron chi connectivity index (χ4n) is 2.14. The summed E-state index contributed by atoms with van der Waals surface area (Å²) >= 11 is 8.07. The van der Waals surface area contributed by atoms with Crippen molar-refractivity contribution in [2.24, 2.45) is 13.0 Å². The standard InChI is InChI=1S/C11H17ClN2OS/c1-7-9(11(12)14(2)13-7)5-10(15)8-3-4-16-6-8/h8,10,15H,3-6H2,1-2H3. The van der Waals surface area contributed by atoms with Crippen molar-refractivity contribution >= 4 is 23.4 Å². The predicted molar refractivity (Wildman–Crippen MR) is 68.1 cm³/mol. The lowest BCUT2D eigenvalue weighted by Crippen LogP contribution is -2.22. The Bertz CT molecular complexity index is 374. The molecule has 0 saturated carbocycles. The summed E-state index contributed by atoms with van der Waals surface area (Å²) in [5.41, 5.74) is 1.92. The van der Waals surface area contributed by atoms with Crippen LogP contribution in [0.1, 0.15) is 17.7 Å². The minimum Gasteiger partial charge on any atom is -0.392 e. The molecule has 1 N–H and O–H groups in total. The largest absolute Gasteiger partial charge is 0.392 e. The van der Waals surface area contributed by atoms with Gasteiger partial charge in [0.15, 0.2) is 0 Å². The molecular weight excluding hydrogens is 244 g/mol. The number of aryl methyl sites for hydroxylation is 2. The molecule has 0 radical (unpaired) electrons. The molecule has 1 aliphatic heterocycles. The normalized spacial score (nSPS) is 22.6. The smallest absolute Gasteiger partial charge is 0.130 e. The third-order valence-corrected chi connectivity index (χ3v) is 4.85. The number of halogens is 1. The molecule has 2 atom stereocenters. The van der Waals surface area contributed by atoms with Gasteiger partial charge in [-0.2, -0.15) is 16.9 Å². The molecule has 3 nitrogen and oxygen atoms in total. The van der Waals surface area contributed by atoms with Crippen molar-refractivity contribution < 1.29 is 5.11 Å². The first-order valence-corrected chi connectivity index (χ1v) is 7.06. The van der Waals surface area contributed by atoms with Gasteiger partial charge in [-0.15, -0.1) is 0 Å². The van der Waals surface area contributed by atoms with Gasteiger partial charge in [0, 0.05) is 19.0 Å². The number of aliphatic hydroxyl groups excluding tert-OH is 1. The van der Waals surface area contributed by atoms with Gasteiger partial charge in [0.1, 0.15) is 5.15 Å². The van der Waals surface area contributed by atoms with Crippen LogP contribution in [0.15, 0.2) is 0 Å². The summed E-state index contributed by atoms with van der Waals surface area (Å²) in [6.07, 6.45) is 1.46. The number of thioether (sulfide) groups is 1. The van der Waals surface area contributed by atoms with Crippen molar-refractivity contribution in [2.75, 3.05) is 11.5 Å². The van der Waals surface area contributed by atoms with E-state index in [1.165, 1.54) is 5.75 Å². The Morgan fingerprint density at radius 3 is 2.94 bits per heavy atom. The highest BCUT2D eigenvalue weighted by Crippen LogP contribution is 2.29. The van der Waals surface area contributed by atoms with Gasteiger partial charge in [0.05, 0.1) is 11.8 Å². The minimum atomic E-state index is -0.282. The molecule has 0 aromatic carbocycles. The zero-order valence-electron chi connectivity index (χ0n) is 9.61. The van der Waals surface area contributed by atoms with Gasteiger partial charge >= 0.3 is 0 Å². The maximum atomic E-state index is 10.2. The van der Waals surface area contributed by atoms with E-state index in [1.54, 1.807) is 4.68 Å². The second-order valence-electron chi connectivity index (χ2n) is 4.37. The highest BCUT2D eigenvalue weighted by molar-refractivity contribution is 7.99. The predicted octanol–water partition coefficient (Wildman–Crippen LogP) is 2.04. The van der Waals surface area contributed by atoms with Gasteiger partial charge in [0.2, 0.25) is 0 Å². The zero-order chi connectivity index (χ0) is 11.7. The van der Waals surface area contributed by atoms with E-state index in [9.17, 15) is 5.11 Å². The first-order valence-electron chi connectivity index (χ1n) is 5.53. The van der Waals surface area contributed by atoms with Crippen molar-refractivity contribution in [2.45, 2.75) is 25.9 Å². The molecule has 2 unspecified atom stereocenters. The van der Waals surface area contributed by atoms with E-state index in [2.05, 4.69) is 5.10 Å². The van der Waals surface area contributed by atoms with Gasteiger partial charge in [0.25, 0.3) is 0 Å². The highest BCUT2D eigenvalue weighted by Gasteiger charge is 2.25. The Kier molecular flexibility index (Phi) is 3.82. The van der Waals surface area contributed by atoms with Crippen LogP contribution in [0.5, 0.6) is 0 Å². The van der Waals surface area contributed by atoms with E-state index in [0.29, 0.717) is 17.5 Å². The lowest BCUT2D eigenvalue weighted by atomic mass is 9.96. The Morgan fingerprint density at radius 2 is 2.44 bits per heavy atom. The van der Waals surface area contributed by atoms with E-state index < -0.39 is 0 Å². The quantitative estimate of drug-likeness (QED) is 0.904. The first kappa shape index (κ1) is 12.3. The Labute approximate surface area is 105 Å². The van der Waals surface area contributed by atoms with E-state index in [-0.39, 0.29) is 6.10 Å². The molecule has 0 aliphatic carbocycles. The minimum absolute atomic E-state index is 0.282. The van der Waals surface area contributed by atoms with Crippen molar-refractivity contribution in [1.82, 2.24) is 9.78 Å². The van der Waals surface area contributed by atoms with Crippen LogP contribution in [-0.2, 0) is 13.5 Å². The molecule has 1 aromatic heterocycles. The van der Waals surface area contributed by atoms with Crippen LogP contribution in [0.25, 0.3) is 0 Å². The number of nitrogens with zero attached hydrogens (tertiary/aromatic N) is 2. The van der Waals surface area contributed by atoms with Crippen LogP contribution >= 0.6 is 23.4 Å². The second-order valence-corrected chi connectivity index (χ2v) is 5.88. The van der Waals surface area contributed by atoms with Crippen LogP contribution in [-0.4, -0.2) is 32.5 Å². The summed E-state index contributed by atoms with van der Waals surface area (Å²) in [6, 6.07) is 0. The average molecular weight is 261 g/mol. The molecule has 2 heterocycles. The third-order valence-electron chi connectivity index (χ3n) is 3.19. The van der Waals surface area contributed by atoms with Gasteiger partial charge in [-0.3, -0.25) is 4.68 Å². The monoisotopic (exact) mass is 260 g/mol. The summed E-state index contributed by atoms with van der Waals surface area (Å²) in [4.78, 5) is 0. The fraction of sp³-hybridized carbons (Fsp3) is 0.727. The lowest BCUT2D eigenvalue weighted by Gasteiger charge is -2.16. The lowest BCUT2D eigenvalue weighted by molar-refractivity contribution is 0.120. The molecule has 1 saturated heterocycles. The molecule has 5 heteroatoms. The molecule has 1 aliphatic rings. The van der Waals surface area contributed by atoms with E-state index >= 15 is 0 Å². The third kappa shape index (κ3) is 2.39. The fourth-order valence-corrected chi connectivity index (χ4v) is 3.72. The number of hydrogen-bond donors (Lipinski definition) is 1. The molecule has 2 rings (SSSR count). The van der Waals surface area contributed by atoms with Crippen LogP contribution in [0, 0.1) is 12.8 Å². The highest BCUT2D eigenvalue weighted by atomic mass is 35.5. The van der Waals surface area contributed by atoms with Gasteiger partial charge < -0.3 is 5.11 Å². The van der Waals surface area contributed by atoms with Crippen LogP contribution in [0.3, 0.4) is 0 Å². The topological polar surface area (TPSA) is 38.0 Å². The molecule has 0 bridgehead atoms. The first-order chi connectivity index (χ1) is 7.59. The molecule has 90 valence electrons. The molecule has 16 heavy (non-hydrogen) atoms. The number of aromatic nitrogens is 2. The number of rotatable bonds is 3. The molecule has 0 spiro atoms. The molecular formula is C11H17ClN2OS. The molecule has 1 fully saturated rings. The maximum Gasteiger partial charge on any atom is 0.130 e. The van der Waals surface area contributed by atoms with Crippen LogP contribution in [0.2, 0.25) is 5.15 Å². The Hall–Kier alpha value is -0.190. The van der Waals surface area contributed by atoms with Crippen molar-refractivity contribution in [1.29, 1.82) is 0 Å². The summed E-state index contributed by atoms with van der Waals surface area (Å²) in [5, 5.41) is 15.1. The van der Waals surface area contributed by atoms with Gasteiger partial charge in [-0.05, 0) is 30.8 Å². The van der Waals surface area contributed by atoms with Gasteiger partial charge in [-0.25, -0.2) is 0 Å². The van der Waals surface area contributed by atoms with E-state index in [0.717, 1.165) is 23.4 Å². The summed E-state index contributed by atoms with van der Waals surface area (Å²) in [5.74, 6) is 2.65. The Morgan fingerprint density at radius 1 is 1.69 bits per heavy atom. The van der Waals surface area contributed by atoms with Crippen molar-refractivity contribution in [3.8, 4) is 0 Å². The summed E-state index contributed by atoms with van der Waals surface area (Å²) in [6.45, 7) is 1.94. The zero-order valence-corrected chi connectivity index (χ0v) is 11.2. The van der Waals surface area contributed by atoms with Crippen LogP contribution < -0.4 is 0 Å². The molecule has 1 aromatic rings. The molecule has 0 amide bonds. The average Bonchev–Trinajstić information content (AvgIpc) is 2.83. The van der Waals surface area contributed by atoms with Crippen molar-refractivity contribution in [3.63, 3.8) is 0 Å². The van der Waals surface area contributed by atoms with E-state index in [1.807, 2.05) is 25.7 Å². The number of hydrogen-bond acceptors (Lipinski definition) is 3. The van der Waals surface area contributed by atoms with E-state index in [4.69, 9.17) is 11.6 Å². The summed E-state index contributed by atoms with van der Waals surface area (Å²) in [7, 11) is 1.83. The number of aliphatic hydroxyl groups is 1. The SMILES string of the molecule is Cc1nn(C)c(Cl)c1CC(O)C1CCSC1. The second kappa shape index (κ2) is 4.98. The van der Waals surface area contributed by atoms with Crippen LogP contribution in [0.4, 0.5) is 0 Å². The Balaban J connectivity index is 2.07. The summed E-state index contributed by atoms with van der Waals surface area (Å²) < 4.78 is 1.67. The maximum absolute atomic E-state index is 10.2. The van der Waals surface area contributed by atoms with Crippen molar-refractivity contribution in [3.05, 3.63) is 16.4 Å². The van der Waals surface area contributed by atoms with Gasteiger partial charge in [-0.1, -0.05) is 11.6 Å².